The van der Waals surface area contributed by atoms with Gasteiger partial charge in [-0.1, -0.05) is 6.92 Å². The third kappa shape index (κ3) is 2.92. The molecule has 86 valence electrons. The first-order chi connectivity index (χ1) is 6.55. The summed E-state index contributed by atoms with van der Waals surface area (Å²) in [5.41, 5.74) is -0.891. The van der Waals surface area contributed by atoms with Gasteiger partial charge in [-0.05, 0) is 26.2 Å². The van der Waals surface area contributed by atoms with E-state index in [2.05, 4.69) is 0 Å². The van der Waals surface area contributed by atoms with Crippen LogP contribution < -0.4 is 0 Å². The van der Waals surface area contributed by atoms with E-state index in [9.17, 15) is 15.3 Å². The molecule has 0 aliphatic carbocycles. The van der Waals surface area contributed by atoms with Gasteiger partial charge in [-0.15, -0.1) is 0 Å². The van der Waals surface area contributed by atoms with E-state index in [0.29, 0.717) is 19.3 Å². The first kappa shape index (κ1) is 13.8. The lowest BCUT2D eigenvalue weighted by Crippen LogP contribution is -2.47. The fourth-order valence-electron chi connectivity index (χ4n) is 1.79. The number of aliphatic hydroxyl groups excluding tert-OH is 4. The summed E-state index contributed by atoms with van der Waals surface area (Å²) >= 11 is 0. The summed E-state index contributed by atoms with van der Waals surface area (Å²) in [5, 5.41) is 37.3. The smallest absolute Gasteiger partial charge is 0.0640 e. The Morgan fingerprint density at radius 3 is 2.07 bits per heavy atom. The van der Waals surface area contributed by atoms with Gasteiger partial charge < -0.3 is 20.4 Å². The fourth-order valence-corrected chi connectivity index (χ4v) is 1.79. The van der Waals surface area contributed by atoms with Crippen molar-refractivity contribution in [2.45, 2.75) is 45.3 Å². The van der Waals surface area contributed by atoms with Gasteiger partial charge in [0.2, 0.25) is 0 Å². The van der Waals surface area contributed by atoms with E-state index in [1.165, 1.54) is 0 Å². The lowest BCUT2D eigenvalue weighted by Gasteiger charge is -2.38. The second-order valence-electron chi connectivity index (χ2n) is 3.82. The molecule has 0 spiro atoms. The molecule has 4 heteroatoms. The number of rotatable bonds is 7. The van der Waals surface area contributed by atoms with E-state index >= 15 is 0 Å². The van der Waals surface area contributed by atoms with E-state index in [-0.39, 0.29) is 13.2 Å². The molecule has 0 heterocycles. The van der Waals surface area contributed by atoms with Gasteiger partial charge in [-0.2, -0.15) is 0 Å². The minimum absolute atomic E-state index is 0.00487. The SMILES string of the molecule is CCC(O)C(CO)(CCCO)C(C)O. The molecule has 0 aromatic heterocycles. The van der Waals surface area contributed by atoms with Crippen LogP contribution in [0.1, 0.15) is 33.1 Å². The third-order valence-electron chi connectivity index (χ3n) is 2.98. The third-order valence-corrected chi connectivity index (χ3v) is 2.98. The first-order valence-electron chi connectivity index (χ1n) is 5.13. The molecule has 0 saturated carbocycles. The van der Waals surface area contributed by atoms with Crippen LogP contribution in [0.4, 0.5) is 0 Å². The summed E-state index contributed by atoms with van der Waals surface area (Å²) in [6, 6.07) is 0. The van der Waals surface area contributed by atoms with E-state index in [4.69, 9.17) is 5.11 Å². The second kappa shape index (κ2) is 6.35. The molecule has 0 saturated heterocycles. The molecule has 14 heavy (non-hydrogen) atoms. The standard InChI is InChI=1S/C10H22O4/c1-3-9(14)10(7-12,8(2)13)5-4-6-11/h8-9,11-14H,3-7H2,1-2H3. The summed E-state index contributed by atoms with van der Waals surface area (Å²) < 4.78 is 0. The quantitative estimate of drug-likeness (QED) is 0.468. The molecule has 4 N–H and O–H groups in total. The van der Waals surface area contributed by atoms with E-state index in [1.807, 2.05) is 0 Å². The molecular formula is C10H22O4. The number of aliphatic hydroxyl groups is 4. The van der Waals surface area contributed by atoms with Crippen LogP contribution in [0.5, 0.6) is 0 Å². The monoisotopic (exact) mass is 206 g/mol. The van der Waals surface area contributed by atoms with Crippen molar-refractivity contribution in [1.29, 1.82) is 0 Å². The molecule has 0 aromatic rings. The van der Waals surface area contributed by atoms with Gasteiger partial charge in [-0.3, -0.25) is 0 Å². The van der Waals surface area contributed by atoms with Crippen molar-refractivity contribution < 1.29 is 20.4 Å². The van der Waals surface area contributed by atoms with Gasteiger partial charge >= 0.3 is 0 Å². The average molecular weight is 206 g/mol. The van der Waals surface area contributed by atoms with Crippen LogP contribution >= 0.6 is 0 Å². The molecule has 0 radical (unpaired) electrons. The number of hydrogen-bond donors (Lipinski definition) is 4. The van der Waals surface area contributed by atoms with Crippen LogP contribution in [0, 0.1) is 5.41 Å². The zero-order chi connectivity index (χ0) is 11.2. The Bertz CT molecular complexity index is 149. The predicted octanol–water partition coefficient (Wildman–Crippen LogP) is -0.111. The maximum Gasteiger partial charge on any atom is 0.0640 e. The lowest BCUT2D eigenvalue weighted by molar-refractivity contribution is -0.100. The summed E-state index contributed by atoms with van der Waals surface area (Å²) in [4.78, 5) is 0. The van der Waals surface area contributed by atoms with Crippen molar-refractivity contribution in [3.8, 4) is 0 Å². The molecule has 0 bridgehead atoms. The zero-order valence-corrected chi connectivity index (χ0v) is 8.98. The van der Waals surface area contributed by atoms with Crippen LogP contribution in [0.25, 0.3) is 0 Å². The van der Waals surface area contributed by atoms with E-state index < -0.39 is 17.6 Å². The van der Waals surface area contributed by atoms with Crippen molar-refractivity contribution in [3.05, 3.63) is 0 Å². The molecule has 3 unspecified atom stereocenters. The average Bonchev–Trinajstić information content (AvgIpc) is 2.18. The van der Waals surface area contributed by atoms with Gasteiger partial charge in [-0.25, -0.2) is 0 Å². The maximum absolute atomic E-state index is 9.76. The van der Waals surface area contributed by atoms with Gasteiger partial charge in [0.05, 0.1) is 18.8 Å². The van der Waals surface area contributed by atoms with Crippen LogP contribution in [0.3, 0.4) is 0 Å². The summed E-state index contributed by atoms with van der Waals surface area (Å²) in [7, 11) is 0. The molecule has 0 rings (SSSR count). The molecule has 0 amide bonds. The van der Waals surface area contributed by atoms with Crippen molar-refractivity contribution in [1.82, 2.24) is 0 Å². The molecule has 0 aliphatic rings. The van der Waals surface area contributed by atoms with Gasteiger partial charge in [0.15, 0.2) is 0 Å². The van der Waals surface area contributed by atoms with Gasteiger partial charge in [0, 0.05) is 12.0 Å². The predicted molar refractivity (Wildman–Crippen MR) is 53.8 cm³/mol. The summed E-state index contributed by atoms with van der Waals surface area (Å²) in [6.45, 7) is 3.10. The Kier molecular flexibility index (Phi) is 6.27. The maximum atomic E-state index is 9.76. The molecule has 3 atom stereocenters. The number of hydrogen-bond acceptors (Lipinski definition) is 4. The molecule has 0 fully saturated rings. The topological polar surface area (TPSA) is 80.9 Å². The normalized spacial score (nSPS) is 20.1. The fraction of sp³-hybridized carbons (Fsp3) is 1.00. The molecular weight excluding hydrogens is 184 g/mol. The Balaban J connectivity index is 4.60. The molecule has 0 aliphatic heterocycles. The molecule has 4 nitrogen and oxygen atoms in total. The summed E-state index contributed by atoms with van der Waals surface area (Å²) in [6.07, 6.45) is -0.139. The van der Waals surface area contributed by atoms with Crippen LogP contribution in [-0.2, 0) is 0 Å². The highest BCUT2D eigenvalue weighted by Gasteiger charge is 2.40. The highest BCUT2D eigenvalue weighted by atomic mass is 16.3. The van der Waals surface area contributed by atoms with Crippen molar-refractivity contribution in [2.24, 2.45) is 5.41 Å². The van der Waals surface area contributed by atoms with Crippen molar-refractivity contribution in [3.63, 3.8) is 0 Å². The van der Waals surface area contributed by atoms with Crippen LogP contribution in [-0.4, -0.2) is 45.8 Å². The highest BCUT2D eigenvalue weighted by Crippen LogP contribution is 2.33. The Morgan fingerprint density at radius 1 is 1.21 bits per heavy atom. The van der Waals surface area contributed by atoms with Crippen molar-refractivity contribution in [2.75, 3.05) is 13.2 Å². The minimum atomic E-state index is -0.891. The minimum Gasteiger partial charge on any atom is -0.396 e. The van der Waals surface area contributed by atoms with Crippen molar-refractivity contribution >= 4 is 0 Å². The Morgan fingerprint density at radius 2 is 1.79 bits per heavy atom. The Hall–Kier alpha value is -0.160. The zero-order valence-electron chi connectivity index (χ0n) is 8.98. The molecule has 0 aromatic carbocycles. The Labute approximate surface area is 85.2 Å². The largest absolute Gasteiger partial charge is 0.396 e. The summed E-state index contributed by atoms with van der Waals surface area (Å²) in [5.74, 6) is 0. The van der Waals surface area contributed by atoms with Crippen LogP contribution in [0.15, 0.2) is 0 Å². The second-order valence-corrected chi connectivity index (χ2v) is 3.82. The van der Waals surface area contributed by atoms with Crippen LogP contribution in [0.2, 0.25) is 0 Å². The lowest BCUT2D eigenvalue weighted by atomic mass is 9.73. The highest BCUT2D eigenvalue weighted by molar-refractivity contribution is 4.89. The van der Waals surface area contributed by atoms with E-state index in [0.717, 1.165) is 0 Å². The van der Waals surface area contributed by atoms with Gasteiger partial charge in [0.25, 0.3) is 0 Å². The first-order valence-corrected chi connectivity index (χ1v) is 5.13. The van der Waals surface area contributed by atoms with Gasteiger partial charge in [0.1, 0.15) is 0 Å². The van der Waals surface area contributed by atoms with E-state index in [1.54, 1.807) is 13.8 Å².